The first kappa shape index (κ1) is 21.0. The Kier molecular flexibility index (Phi) is 5.77. The minimum absolute atomic E-state index is 0.0927. The number of rotatable bonds is 6. The van der Waals surface area contributed by atoms with Crippen LogP contribution in [0.15, 0.2) is 53.4 Å². The van der Waals surface area contributed by atoms with E-state index in [-0.39, 0.29) is 11.3 Å². The lowest BCUT2D eigenvalue weighted by molar-refractivity contribution is -0.134. The Balaban J connectivity index is 1.84. The number of carbonyl (C=O) groups is 2. The lowest BCUT2D eigenvalue weighted by Crippen LogP contribution is -2.48. The molecule has 2 aromatic rings. The first-order valence-corrected chi connectivity index (χ1v) is 10.9. The smallest absolute Gasteiger partial charge is 0.339 e. The molecule has 7 nitrogen and oxygen atoms in total. The van der Waals surface area contributed by atoms with Crippen LogP contribution >= 0.6 is 0 Å². The molecule has 1 heterocycles. The lowest BCUT2D eigenvalue weighted by Gasteiger charge is -2.33. The number of anilines is 1. The molecule has 0 saturated carbocycles. The fraction of sp³-hybridized carbons (Fsp3) is 0.333. The van der Waals surface area contributed by atoms with Gasteiger partial charge in [-0.15, -0.1) is 0 Å². The highest BCUT2D eigenvalue weighted by molar-refractivity contribution is 7.89. The number of cyclic esters (lactones) is 1. The second-order valence-corrected chi connectivity index (χ2v) is 8.96. The van der Waals surface area contributed by atoms with Gasteiger partial charge in [0, 0.05) is 25.2 Å². The van der Waals surface area contributed by atoms with Crippen molar-refractivity contribution in [2.24, 2.45) is 0 Å². The van der Waals surface area contributed by atoms with Crippen LogP contribution in [0.2, 0.25) is 0 Å². The van der Waals surface area contributed by atoms with Gasteiger partial charge >= 0.3 is 5.97 Å². The summed E-state index contributed by atoms with van der Waals surface area (Å²) in [4.78, 5) is 25.3. The SMILES string of the molecule is CCN(CC)S(=O)(=O)c1cccc(NC(=O)[C@]2(C)Cc3ccccc3C(=O)O2)c1. The van der Waals surface area contributed by atoms with Gasteiger partial charge in [0.1, 0.15) is 0 Å². The predicted octanol–water partition coefficient (Wildman–Crippen LogP) is 2.83. The number of sulfonamides is 1. The summed E-state index contributed by atoms with van der Waals surface area (Å²) in [5, 5.41) is 2.69. The zero-order chi connectivity index (χ0) is 21.2. The quantitative estimate of drug-likeness (QED) is 0.731. The molecule has 1 aliphatic rings. The summed E-state index contributed by atoms with van der Waals surface area (Å²) in [5.74, 6) is -1.07. The molecule has 0 saturated heterocycles. The van der Waals surface area contributed by atoms with Gasteiger partial charge in [0.05, 0.1) is 10.5 Å². The maximum Gasteiger partial charge on any atom is 0.339 e. The van der Waals surface area contributed by atoms with Crippen molar-refractivity contribution >= 4 is 27.6 Å². The topological polar surface area (TPSA) is 92.8 Å². The summed E-state index contributed by atoms with van der Waals surface area (Å²) in [6.07, 6.45) is 0.234. The zero-order valence-corrected chi connectivity index (χ0v) is 17.5. The third kappa shape index (κ3) is 4.04. The van der Waals surface area contributed by atoms with Crippen molar-refractivity contribution in [3.8, 4) is 0 Å². The predicted molar refractivity (Wildman–Crippen MR) is 109 cm³/mol. The van der Waals surface area contributed by atoms with Crippen molar-refractivity contribution < 1.29 is 22.7 Å². The summed E-state index contributed by atoms with van der Waals surface area (Å²) < 4.78 is 32.2. The van der Waals surface area contributed by atoms with Crippen LogP contribution in [-0.4, -0.2) is 43.3 Å². The summed E-state index contributed by atoms with van der Waals surface area (Å²) in [6, 6.07) is 13.1. The minimum atomic E-state index is -3.65. The van der Waals surface area contributed by atoms with Crippen molar-refractivity contribution in [3.05, 3.63) is 59.7 Å². The first-order valence-electron chi connectivity index (χ1n) is 9.44. The molecule has 1 N–H and O–H groups in total. The van der Waals surface area contributed by atoms with Crippen LogP contribution in [-0.2, 0) is 26.0 Å². The van der Waals surface area contributed by atoms with E-state index in [0.29, 0.717) is 24.3 Å². The molecule has 0 fully saturated rings. The number of fused-ring (bicyclic) bond motifs is 1. The monoisotopic (exact) mass is 416 g/mol. The lowest BCUT2D eigenvalue weighted by atomic mass is 9.89. The van der Waals surface area contributed by atoms with E-state index in [1.54, 1.807) is 57.2 Å². The van der Waals surface area contributed by atoms with Crippen molar-refractivity contribution in [3.63, 3.8) is 0 Å². The van der Waals surface area contributed by atoms with Crippen LogP contribution in [0.5, 0.6) is 0 Å². The van der Waals surface area contributed by atoms with E-state index >= 15 is 0 Å². The van der Waals surface area contributed by atoms with Crippen molar-refractivity contribution in [1.29, 1.82) is 0 Å². The summed E-state index contributed by atoms with van der Waals surface area (Å²) in [5.41, 5.74) is 0.114. The molecule has 2 aromatic carbocycles. The van der Waals surface area contributed by atoms with Crippen LogP contribution in [0, 0.1) is 0 Å². The number of nitrogens with one attached hydrogen (secondary N) is 1. The van der Waals surface area contributed by atoms with E-state index < -0.39 is 27.5 Å². The van der Waals surface area contributed by atoms with Crippen molar-refractivity contribution in [2.45, 2.75) is 37.7 Å². The zero-order valence-electron chi connectivity index (χ0n) is 16.6. The summed E-state index contributed by atoms with van der Waals surface area (Å²) >= 11 is 0. The number of esters is 1. The number of ether oxygens (including phenoxy) is 1. The number of nitrogens with zero attached hydrogens (tertiary/aromatic N) is 1. The van der Waals surface area contributed by atoms with Crippen LogP contribution in [0.25, 0.3) is 0 Å². The second kappa shape index (κ2) is 7.96. The third-order valence-corrected chi connectivity index (χ3v) is 7.04. The maximum atomic E-state index is 12.9. The van der Waals surface area contributed by atoms with Gasteiger partial charge in [0.25, 0.3) is 5.91 Å². The standard InChI is InChI=1S/C21H24N2O5S/c1-4-23(5-2)29(26,27)17-11-8-10-16(13-17)22-20(25)21(3)14-15-9-6-7-12-18(15)19(24)28-21/h6-13H,4-5,14H2,1-3H3,(H,22,25)/t21-/m0/s1. The highest BCUT2D eigenvalue weighted by Crippen LogP contribution is 2.29. The molecule has 1 atom stereocenters. The molecule has 0 bridgehead atoms. The number of carbonyl (C=O) groups excluding carboxylic acids is 2. The molecule has 0 spiro atoms. The minimum Gasteiger partial charge on any atom is -0.445 e. The Hall–Kier alpha value is -2.71. The normalized spacial score (nSPS) is 18.8. The summed E-state index contributed by atoms with van der Waals surface area (Å²) in [7, 11) is -3.65. The third-order valence-electron chi connectivity index (χ3n) is 5.00. The Bertz CT molecular complexity index is 1050. The van der Waals surface area contributed by atoms with Crippen molar-refractivity contribution in [1.82, 2.24) is 4.31 Å². The van der Waals surface area contributed by atoms with E-state index in [0.717, 1.165) is 5.56 Å². The van der Waals surface area contributed by atoms with Crippen LogP contribution in [0.4, 0.5) is 5.69 Å². The van der Waals surface area contributed by atoms with Gasteiger partial charge < -0.3 is 10.1 Å². The molecule has 0 unspecified atom stereocenters. The molecule has 1 aliphatic heterocycles. The fourth-order valence-electron chi connectivity index (χ4n) is 3.37. The maximum absolute atomic E-state index is 12.9. The number of amides is 1. The molecule has 0 aromatic heterocycles. The molecular weight excluding hydrogens is 392 g/mol. The Labute approximate surface area is 170 Å². The van der Waals surface area contributed by atoms with E-state index in [1.165, 1.54) is 16.4 Å². The van der Waals surface area contributed by atoms with Crippen LogP contribution < -0.4 is 5.32 Å². The van der Waals surface area contributed by atoms with Gasteiger partial charge in [-0.1, -0.05) is 38.1 Å². The molecule has 154 valence electrons. The number of hydrogen-bond acceptors (Lipinski definition) is 5. The Morgan fingerprint density at radius 2 is 1.83 bits per heavy atom. The fourth-order valence-corrected chi connectivity index (χ4v) is 4.87. The first-order chi connectivity index (χ1) is 13.7. The van der Waals surface area contributed by atoms with E-state index in [1.807, 2.05) is 0 Å². The molecule has 0 aliphatic carbocycles. The molecule has 8 heteroatoms. The van der Waals surface area contributed by atoms with Gasteiger partial charge in [-0.3, -0.25) is 4.79 Å². The second-order valence-electron chi connectivity index (χ2n) is 7.03. The average molecular weight is 416 g/mol. The number of hydrogen-bond donors (Lipinski definition) is 1. The van der Waals surface area contributed by atoms with Gasteiger partial charge in [0.2, 0.25) is 10.0 Å². The summed E-state index contributed by atoms with van der Waals surface area (Å²) in [6.45, 7) is 5.78. The van der Waals surface area contributed by atoms with E-state index in [9.17, 15) is 18.0 Å². The van der Waals surface area contributed by atoms with E-state index in [4.69, 9.17) is 4.74 Å². The van der Waals surface area contributed by atoms with E-state index in [2.05, 4.69) is 5.32 Å². The number of benzene rings is 2. The largest absolute Gasteiger partial charge is 0.445 e. The van der Waals surface area contributed by atoms with Gasteiger partial charge in [-0.25, -0.2) is 13.2 Å². The molecule has 0 radical (unpaired) electrons. The Morgan fingerprint density at radius 3 is 2.52 bits per heavy atom. The Morgan fingerprint density at radius 1 is 1.14 bits per heavy atom. The molecule has 3 rings (SSSR count). The van der Waals surface area contributed by atoms with Crippen LogP contribution in [0.1, 0.15) is 36.7 Å². The van der Waals surface area contributed by atoms with Gasteiger partial charge in [0.15, 0.2) is 5.60 Å². The molecule has 1 amide bonds. The average Bonchev–Trinajstić information content (AvgIpc) is 2.69. The van der Waals surface area contributed by atoms with Gasteiger partial charge in [-0.2, -0.15) is 4.31 Å². The van der Waals surface area contributed by atoms with Crippen molar-refractivity contribution in [2.75, 3.05) is 18.4 Å². The molecule has 29 heavy (non-hydrogen) atoms. The highest BCUT2D eigenvalue weighted by atomic mass is 32.2. The highest BCUT2D eigenvalue weighted by Gasteiger charge is 2.42. The van der Waals surface area contributed by atoms with Gasteiger partial charge in [-0.05, 0) is 36.8 Å². The van der Waals surface area contributed by atoms with Crippen LogP contribution in [0.3, 0.4) is 0 Å². The molecular formula is C21H24N2O5S.